The Morgan fingerprint density at radius 3 is 2.90 bits per heavy atom. The van der Waals surface area contributed by atoms with Crippen molar-refractivity contribution in [2.75, 3.05) is 19.8 Å². The average Bonchev–Trinajstić information content (AvgIpc) is 2.90. The van der Waals surface area contributed by atoms with E-state index in [4.69, 9.17) is 9.26 Å². The maximum absolute atomic E-state index is 5.60. The first-order chi connectivity index (χ1) is 10.1. The van der Waals surface area contributed by atoms with Crippen molar-refractivity contribution in [3.8, 4) is 0 Å². The van der Waals surface area contributed by atoms with Crippen LogP contribution in [0.25, 0.3) is 0 Å². The molecule has 5 nitrogen and oxygen atoms in total. The van der Waals surface area contributed by atoms with Crippen LogP contribution in [-0.4, -0.2) is 34.8 Å². The Morgan fingerprint density at radius 2 is 2.14 bits per heavy atom. The number of aryl methyl sites for hydroxylation is 3. The van der Waals surface area contributed by atoms with Crippen molar-refractivity contribution in [2.24, 2.45) is 0 Å². The number of hydrogen-bond donors (Lipinski definition) is 0. The molecule has 21 heavy (non-hydrogen) atoms. The lowest BCUT2D eigenvalue weighted by Crippen LogP contribution is -2.39. The van der Waals surface area contributed by atoms with E-state index in [1.165, 1.54) is 16.7 Å². The molecule has 0 radical (unpaired) electrons. The summed E-state index contributed by atoms with van der Waals surface area (Å²) in [6, 6.07) is 6.65. The number of morpholine rings is 1. The Labute approximate surface area is 124 Å². The molecule has 1 aliphatic rings. The summed E-state index contributed by atoms with van der Waals surface area (Å²) >= 11 is 0. The molecule has 1 fully saturated rings. The van der Waals surface area contributed by atoms with Gasteiger partial charge >= 0.3 is 0 Å². The molecule has 0 N–H and O–H groups in total. The van der Waals surface area contributed by atoms with E-state index in [0.29, 0.717) is 12.5 Å². The summed E-state index contributed by atoms with van der Waals surface area (Å²) in [5.74, 6) is 1.32. The van der Waals surface area contributed by atoms with E-state index in [0.717, 1.165) is 25.5 Å². The van der Waals surface area contributed by atoms with Gasteiger partial charge in [0.15, 0.2) is 5.82 Å². The van der Waals surface area contributed by atoms with Crippen LogP contribution in [-0.2, 0) is 11.3 Å². The Hall–Kier alpha value is -1.72. The van der Waals surface area contributed by atoms with Gasteiger partial charge in [0, 0.05) is 20.0 Å². The van der Waals surface area contributed by atoms with Crippen molar-refractivity contribution < 1.29 is 9.26 Å². The Kier molecular flexibility index (Phi) is 4.03. The predicted molar refractivity (Wildman–Crippen MR) is 78.9 cm³/mol. The molecule has 2 heterocycles. The normalized spacial score (nSPS) is 19.9. The smallest absolute Gasteiger partial charge is 0.223 e. The monoisotopic (exact) mass is 287 g/mol. The molecule has 2 aromatic rings. The van der Waals surface area contributed by atoms with Crippen LogP contribution in [0.3, 0.4) is 0 Å². The highest BCUT2D eigenvalue weighted by Gasteiger charge is 2.28. The summed E-state index contributed by atoms with van der Waals surface area (Å²) < 4.78 is 10.7. The molecular formula is C16H21N3O2. The minimum Gasteiger partial charge on any atom is -0.378 e. The first kappa shape index (κ1) is 14.2. The topological polar surface area (TPSA) is 51.4 Å². The van der Waals surface area contributed by atoms with Gasteiger partial charge in [-0.3, -0.25) is 4.90 Å². The fourth-order valence-electron chi connectivity index (χ4n) is 2.70. The molecule has 3 rings (SSSR count). The Bertz CT molecular complexity index is 624. The second kappa shape index (κ2) is 5.95. The van der Waals surface area contributed by atoms with Gasteiger partial charge in [0.2, 0.25) is 5.89 Å². The summed E-state index contributed by atoms with van der Waals surface area (Å²) in [7, 11) is 0. The second-order valence-electron chi connectivity index (χ2n) is 5.66. The van der Waals surface area contributed by atoms with Gasteiger partial charge < -0.3 is 9.26 Å². The molecule has 0 spiro atoms. The lowest BCUT2D eigenvalue weighted by atomic mass is 10.0. The van der Waals surface area contributed by atoms with Gasteiger partial charge in [-0.2, -0.15) is 4.98 Å². The lowest BCUT2D eigenvalue weighted by Gasteiger charge is -2.34. The molecule has 5 heteroatoms. The zero-order valence-electron chi connectivity index (χ0n) is 12.8. The van der Waals surface area contributed by atoms with Gasteiger partial charge in [-0.25, -0.2) is 0 Å². The van der Waals surface area contributed by atoms with E-state index in [9.17, 15) is 0 Å². The van der Waals surface area contributed by atoms with Gasteiger partial charge in [0.05, 0.1) is 19.3 Å². The predicted octanol–water partition coefficient (Wildman–Crippen LogP) is 2.57. The van der Waals surface area contributed by atoms with Gasteiger partial charge in [-0.15, -0.1) is 0 Å². The minimum atomic E-state index is 0.0658. The summed E-state index contributed by atoms with van der Waals surface area (Å²) in [6.45, 7) is 9.23. The number of aromatic nitrogens is 2. The molecule has 1 aromatic heterocycles. The number of hydrogen-bond acceptors (Lipinski definition) is 5. The molecule has 112 valence electrons. The van der Waals surface area contributed by atoms with E-state index in [-0.39, 0.29) is 6.04 Å². The highest BCUT2D eigenvalue weighted by molar-refractivity contribution is 5.30. The van der Waals surface area contributed by atoms with Crippen molar-refractivity contribution in [3.05, 3.63) is 46.6 Å². The Balaban J connectivity index is 1.83. The van der Waals surface area contributed by atoms with Crippen molar-refractivity contribution >= 4 is 0 Å². The van der Waals surface area contributed by atoms with Crippen LogP contribution in [0.15, 0.2) is 22.7 Å². The van der Waals surface area contributed by atoms with Crippen LogP contribution in [0.2, 0.25) is 0 Å². The first-order valence-electron chi connectivity index (χ1n) is 7.31. The molecule has 0 saturated carbocycles. The number of rotatable bonds is 3. The summed E-state index contributed by atoms with van der Waals surface area (Å²) in [5, 5.41) is 4.06. The second-order valence-corrected chi connectivity index (χ2v) is 5.66. The maximum Gasteiger partial charge on any atom is 0.223 e. The van der Waals surface area contributed by atoms with E-state index >= 15 is 0 Å². The Morgan fingerprint density at radius 1 is 1.29 bits per heavy atom. The molecule has 0 aliphatic carbocycles. The molecule has 1 atom stereocenters. The van der Waals surface area contributed by atoms with Crippen LogP contribution in [0.1, 0.15) is 34.4 Å². The van der Waals surface area contributed by atoms with Crippen LogP contribution >= 0.6 is 0 Å². The highest BCUT2D eigenvalue weighted by Crippen LogP contribution is 2.25. The van der Waals surface area contributed by atoms with Crippen molar-refractivity contribution in [1.29, 1.82) is 0 Å². The summed E-state index contributed by atoms with van der Waals surface area (Å²) in [4.78, 5) is 6.74. The third-order valence-electron chi connectivity index (χ3n) is 3.96. The lowest BCUT2D eigenvalue weighted by molar-refractivity contribution is -0.0167. The fourth-order valence-corrected chi connectivity index (χ4v) is 2.70. The highest BCUT2D eigenvalue weighted by atomic mass is 16.5. The van der Waals surface area contributed by atoms with Gasteiger partial charge in [-0.1, -0.05) is 28.9 Å². The van der Waals surface area contributed by atoms with Gasteiger partial charge in [0.1, 0.15) is 0 Å². The largest absolute Gasteiger partial charge is 0.378 e. The molecule has 1 saturated heterocycles. The van der Waals surface area contributed by atoms with Gasteiger partial charge in [-0.05, 0) is 25.0 Å². The van der Waals surface area contributed by atoms with Crippen molar-refractivity contribution in [1.82, 2.24) is 15.0 Å². The van der Waals surface area contributed by atoms with Crippen LogP contribution < -0.4 is 0 Å². The van der Waals surface area contributed by atoms with Crippen molar-refractivity contribution in [3.63, 3.8) is 0 Å². The third-order valence-corrected chi connectivity index (χ3v) is 3.96. The van der Waals surface area contributed by atoms with Crippen molar-refractivity contribution in [2.45, 2.75) is 33.4 Å². The maximum atomic E-state index is 5.60. The zero-order chi connectivity index (χ0) is 14.8. The fraction of sp³-hybridized carbons (Fsp3) is 0.500. The van der Waals surface area contributed by atoms with E-state index in [1.54, 1.807) is 0 Å². The van der Waals surface area contributed by atoms with Crippen LogP contribution in [0.4, 0.5) is 0 Å². The standard InChI is InChI=1S/C16H21N3O2/c1-11-4-5-12(2)14(8-11)9-19-6-7-20-10-15(19)16-17-13(3)21-18-16/h4-5,8,15H,6-7,9-10H2,1-3H3/t15-/m0/s1. The number of ether oxygens (including phenoxy) is 1. The number of nitrogens with zero attached hydrogens (tertiary/aromatic N) is 3. The zero-order valence-corrected chi connectivity index (χ0v) is 12.8. The average molecular weight is 287 g/mol. The molecule has 1 aliphatic heterocycles. The summed E-state index contributed by atoms with van der Waals surface area (Å²) in [5.41, 5.74) is 3.95. The first-order valence-corrected chi connectivity index (χ1v) is 7.31. The molecule has 0 amide bonds. The summed E-state index contributed by atoms with van der Waals surface area (Å²) in [6.07, 6.45) is 0. The van der Waals surface area contributed by atoms with E-state index in [2.05, 4.69) is 47.1 Å². The number of benzene rings is 1. The molecule has 1 aromatic carbocycles. The molecule has 0 unspecified atom stereocenters. The van der Waals surface area contributed by atoms with Gasteiger partial charge in [0.25, 0.3) is 0 Å². The minimum absolute atomic E-state index is 0.0658. The van der Waals surface area contributed by atoms with E-state index < -0.39 is 0 Å². The third kappa shape index (κ3) is 3.14. The van der Waals surface area contributed by atoms with Crippen LogP contribution in [0.5, 0.6) is 0 Å². The van der Waals surface area contributed by atoms with Crippen LogP contribution in [0, 0.1) is 20.8 Å². The quantitative estimate of drug-likeness (QED) is 0.868. The molecular weight excluding hydrogens is 266 g/mol. The van der Waals surface area contributed by atoms with E-state index in [1.807, 2.05) is 6.92 Å². The SMILES string of the molecule is Cc1ccc(C)c(CN2CCOC[C@H]2c2noc(C)n2)c1. The molecule has 0 bridgehead atoms.